The summed E-state index contributed by atoms with van der Waals surface area (Å²) in [6.07, 6.45) is 0. The molecule has 1 saturated heterocycles. The predicted molar refractivity (Wildman–Crippen MR) is 77.9 cm³/mol. The minimum absolute atomic E-state index is 0.533. The van der Waals surface area contributed by atoms with E-state index in [1.165, 1.54) is 33.8 Å². The molecule has 1 fully saturated rings. The predicted octanol–water partition coefficient (Wildman–Crippen LogP) is 3.63. The van der Waals surface area contributed by atoms with E-state index < -0.39 is 0 Å². The Morgan fingerprint density at radius 3 is 2.41 bits per heavy atom. The third kappa shape index (κ3) is 3.05. The fourth-order valence-corrected chi connectivity index (χ4v) is 3.95. The Hall–Kier alpha value is -0.470. The first-order valence-corrected chi connectivity index (χ1v) is 7.62. The monoisotopic (exact) mass is 249 g/mol. The first-order valence-electron chi connectivity index (χ1n) is 6.47. The molecule has 0 saturated carbocycles. The van der Waals surface area contributed by atoms with Crippen molar-refractivity contribution in [3.8, 4) is 0 Å². The third-order valence-corrected chi connectivity index (χ3v) is 4.86. The molecule has 17 heavy (non-hydrogen) atoms. The van der Waals surface area contributed by atoms with Crippen LogP contribution in [0, 0.1) is 26.7 Å². The van der Waals surface area contributed by atoms with Crippen molar-refractivity contribution in [3.63, 3.8) is 0 Å². The van der Waals surface area contributed by atoms with Crippen LogP contribution in [0.2, 0.25) is 0 Å². The van der Waals surface area contributed by atoms with E-state index in [4.69, 9.17) is 0 Å². The zero-order valence-corrected chi connectivity index (χ0v) is 12.2. The normalized spacial score (nSPS) is 25.6. The van der Waals surface area contributed by atoms with Crippen molar-refractivity contribution in [3.05, 3.63) is 34.4 Å². The van der Waals surface area contributed by atoms with E-state index in [1.54, 1.807) is 0 Å². The quantitative estimate of drug-likeness (QED) is 0.816. The van der Waals surface area contributed by atoms with Gasteiger partial charge in [-0.15, -0.1) is 0 Å². The van der Waals surface area contributed by atoms with Gasteiger partial charge in [0, 0.05) is 11.8 Å². The lowest BCUT2D eigenvalue weighted by atomic mass is 9.94. The van der Waals surface area contributed by atoms with Crippen molar-refractivity contribution in [1.29, 1.82) is 0 Å². The Kier molecular flexibility index (Phi) is 4.16. The van der Waals surface area contributed by atoms with Gasteiger partial charge in [-0.25, -0.2) is 0 Å². The Bertz CT molecular complexity index is 377. The van der Waals surface area contributed by atoms with Crippen LogP contribution in [0.4, 0.5) is 0 Å². The van der Waals surface area contributed by atoms with Gasteiger partial charge < -0.3 is 5.32 Å². The highest BCUT2D eigenvalue weighted by molar-refractivity contribution is 7.99. The lowest BCUT2D eigenvalue weighted by molar-refractivity contribution is 0.515. The van der Waals surface area contributed by atoms with Crippen molar-refractivity contribution in [2.45, 2.75) is 33.7 Å². The highest BCUT2D eigenvalue weighted by Gasteiger charge is 2.20. The molecular formula is C15H23NS. The summed E-state index contributed by atoms with van der Waals surface area (Å²) < 4.78 is 0. The van der Waals surface area contributed by atoms with Gasteiger partial charge in [0.05, 0.1) is 0 Å². The fourth-order valence-electron chi connectivity index (χ4n) is 2.77. The summed E-state index contributed by atoms with van der Waals surface area (Å²) in [5.41, 5.74) is 5.78. The van der Waals surface area contributed by atoms with Crippen LogP contribution >= 0.6 is 11.8 Å². The maximum absolute atomic E-state index is 3.73. The van der Waals surface area contributed by atoms with Crippen LogP contribution in [0.15, 0.2) is 12.1 Å². The molecule has 94 valence electrons. The number of nitrogens with one attached hydrogen (secondary N) is 1. The molecule has 0 radical (unpaired) electrons. The van der Waals surface area contributed by atoms with Gasteiger partial charge in [-0.3, -0.25) is 0 Å². The molecule has 0 bridgehead atoms. The topological polar surface area (TPSA) is 12.0 Å². The molecule has 1 aromatic carbocycles. The van der Waals surface area contributed by atoms with Gasteiger partial charge in [0.25, 0.3) is 0 Å². The van der Waals surface area contributed by atoms with E-state index in [0.29, 0.717) is 6.04 Å². The zero-order valence-electron chi connectivity index (χ0n) is 11.3. The Balaban J connectivity index is 2.27. The molecule has 1 aliphatic rings. The van der Waals surface area contributed by atoms with E-state index in [9.17, 15) is 0 Å². The summed E-state index contributed by atoms with van der Waals surface area (Å²) >= 11 is 2.09. The summed E-state index contributed by atoms with van der Waals surface area (Å²) in [5, 5.41) is 3.73. The Morgan fingerprint density at radius 2 is 1.76 bits per heavy atom. The lowest BCUT2D eigenvalue weighted by Gasteiger charge is -2.21. The molecule has 2 heteroatoms. The molecule has 1 N–H and O–H groups in total. The molecule has 1 aliphatic heterocycles. The summed E-state index contributed by atoms with van der Waals surface area (Å²) in [5.74, 6) is 3.28. The fraction of sp³-hybridized carbons (Fsp3) is 0.600. The number of thioether (sulfide) groups is 1. The molecule has 0 aliphatic carbocycles. The molecular weight excluding hydrogens is 226 g/mol. The van der Waals surface area contributed by atoms with Crippen LogP contribution < -0.4 is 5.32 Å². The maximum atomic E-state index is 3.73. The smallest absolute Gasteiger partial charge is 0.0417 e. The van der Waals surface area contributed by atoms with Crippen LogP contribution in [0.25, 0.3) is 0 Å². The average Bonchev–Trinajstić information content (AvgIpc) is 2.42. The number of hydrogen-bond acceptors (Lipinski definition) is 2. The second-order valence-corrected chi connectivity index (χ2v) is 6.49. The minimum atomic E-state index is 0.533. The van der Waals surface area contributed by atoms with Crippen LogP contribution in [0.3, 0.4) is 0 Å². The zero-order chi connectivity index (χ0) is 12.4. The molecule has 1 aromatic rings. The van der Waals surface area contributed by atoms with Crippen LogP contribution in [0.1, 0.15) is 35.2 Å². The van der Waals surface area contributed by atoms with Crippen molar-refractivity contribution < 1.29 is 0 Å². The molecule has 2 rings (SSSR count). The number of aryl methyl sites for hydroxylation is 3. The maximum Gasteiger partial charge on any atom is 0.0417 e. The summed E-state index contributed by atoms with van der Waals surface area (Å²) in [6, 6.07) is 5.15. The van der Waals surface area contributed by atoms with Crippen molar-refractivity contribution >= 4 is 11.8 Å². The summed E-state index contributed by atoms with van der Waals surface area (Å²) in [6.45, 7) is 10.1. The molecule has 1 nitrogen and oxygen atoms in total. The number of hydrogen-bond donors (Lipinski definition) is 1. The SMILES string of the molecule is Cc1cc(C)c(C2CSCC(C)CN2)c(C)c1. The van der Waals surface area contributed by atoms with Crippen LogP contribution in [-0.4, -0.2) is 18.1 Å². The van der Waals surface area contributed by atoms with E-state index in [-0.39, 0.29) is 0 Å². The van der Waals surface area contributed by atoms with Gasteiger partial charge in [-0.1, -0.05) is 24.6 Å². The second-order valence-electron chi connectivity index (χ2n) is 5.42. The van der Waals surface area contributed by atoms with Gasteiger partial charge in [-0.05, 0) is 55.7 Å². The summed E-state index contributed by atoms with van der Waals surface area (Å²) in [4.78, 5) is 0. The van der Waals surface area contributed by atoms with Gasteiger partial charge in [0.2, 0.25) is 0 Å². The second kappa shape index (κ2) is 5.45. The van der Waals surface area contributed by atoms with Gasteiger partial charge >= 0.3 is 0 Å². The molecule has 2 atom stereocenters. The van der Waals surface area contributed by atoms with E-state index in [0.717, 1.165) is 12.5 Å². The van der Waals surface area contributed by atoms with E-state index in [2.05, 4.69) is 56.9 Å². The molecule has 1 heterocycles. The molecule has 2 unspecified atom stereocenters. The standard InChI is InChI=1S/C15H23NS/c1-10-5-12(3)15(13(4)6-10)14-9-17-8-11(2)7-16-14/h5-6,11,14,16H,7-9H2,1-4H3. The average molecular weight is 249 g/mol. The highest BCUT2D eigenvalue weighted by atomic mass is 32.2. The van der Waals surface area contributed by atoms with Gasteiger partial charge in [0.1, 0.15) is 0 Å². The Morgan fingerprint density at radius 1 is 1.12 bits per heavy atom. The van der Waals surface area contributed by atoms with Gasteiger partial charge in [-0.2, -0.15) is 11.8 Å². The van der Waals surface area contributed by atoms with E-state index >= 15 is 0 Å². The van der Waals surface area contributed by atoms with E-state index in [1.807, 2.05) is 0 Å². The lowest BCUT2D eigenvalue weighted by Crippen LogP contribution is -2.26. The van der Waals surface area contributed by atoms with Crippen LogP contribution in [0.5, 0.6) is 0 Å². The molecule has 0 amide bonds. The van der Waals surface area contributed by atoms with Crippen LogP contribution in [-0.2, 0) is 0 Å². The third-order valence-electron chi connectivity index (χ3n) is 3.49. The van der Waals surface area contributed by atoms with Crippen molar-refractivity contribution in [2.24, 2.45) is 5.92 Å². The largest absolute Gasteiger partial charge is 0.309 e. The number of benzene rings is 1. The first-order chi connectivity index (χ1) is 8.08. The highest BCUT2D eigenvalue weighted by Crippen LogP contribution is 2.29. The Labute approximate surface area is 109 Å². The molecule has 0 spiro atoms. The van der Waals surface area contributed by atoms with Crippen molar-refractivity contribution in [2.75, 3.05) is 18.1 Å². The summed E-state index contributed by atoms with van der Waals surface area (Å²) in [7, 11) is 0. The van der Waals surface area contributed by atoms with Crippen molar-refractivity contribution in [1.82, 2.24) is 5.32 Å². The molecule has 0 aromatic heterocycles. The van der Waals surface area contributed by atoms with Gasteiger partial charge in [0.15, 0.2) is 0 Å². The minimum Gasteiger partial charge on any atom is -0.309 e. The first kappa shape index (κ1) is 13.0. The number of rotatable bonds is 1.